The second-order valence-electron chi connectivity index (χ2n) is 5.54. The maximum Gasteiger partial charge on any atom is 0.358 e. The summed E-state index contributed by atoms with van der Waals surface area (Å²) in [4.78, 5) is 23.0. The zero-order valence-corrected chi connectivity index (χ0v) is 13.6. The number of nitrogens with zero attached hydrogens (tertiary/aromatic N) is 3. The normalized spacial score (nSPS) is 14.0. The Morgan fingerprint density at radius 1 is 1.32 bits per heavy atom. The Bertz CT molecular complexity index is 789. The molecular weight excluding hydrogens is 328 g/mol. The molecule has 1 aromatic heterocycles. The topological polar surface area (TPSA) is 116 Å². The molecule has 0 bridgehead atoms. The molecule has 2 N–H and O–H groups in total. The Kier molecular flexibility index (Phi) is 4.82. The van der Waals surface area contributed by atoms with Gasteiger partial charge in [0.2, 0.25) is 5.91 Å². The molecule has 132 valence electrons. The van der Waals surface area contributed by atoms with Crippen LogP contribution < -0.4 is 14.8 Å². The van der Waals surface area contributed by atoms with E-state index in [1.807, 2.05) is 25.1 Å². The fraction of sp³-hybridized carbons (Fsp3) is 0.375. The predicted octanol–water partition coefficient (Wildman–Crippen LogP) is 1.01. The zero-order valence-electron chi connectivity index (χ0n) is 13.6. The molecule has 3 rings (SSSR count). The van der Waals surface area contributed by atoms with Crippen LogP contribution in [-0.4, -0.2) is 45.2 Å². The molecular formula is C16H18N4O5. The zero-order chi connectivity index (χ0) is 17.8. The molecule has 9 heteroatoms. The number of benzene rings is 1. The summed E-state index contributed by atoms with van der Waals surface area (Å²) in [5, 5.41) is 18.8. The standard InChI is InChI=1S/C16H18N4O5/c1-2-11(10-3-4-13-14(7-10)25-6-5-24-13)17-15(21)9-20-8-12(16(22)23)18-19-20/h3-4,7-8,11H,2,5-6,9H2,1H3,(H,17,21)(H,22,23). The van der Waals surface area contributed by atoms with Gasteiger partial charge in [-0.15, -0.1) is 5.10 Å². The number of fused-ring (bicyclic) bond motifs is 1. The number of carboxylic acids is 1. The molecule has 2 heterocycles. The minimum absolute atomic E-state index is 0.110. The van der Waals surface area contributed by atoms with Gasteiger partial charge in [0.05, 0.1) is 12.2 Å². The first-order valence-corrected chi connectivity index (χ1v) is 7.89. The number of ether oxygens (including phenoxy) is 2. The number of nitrogens with one attached hydrogen (secondary N) is 1. The van der Waals surface area contributed by atoms with Crippen LogP contribution in [0.1, 0.15) is 35.4 Å². The van der Waals surface area contributed by atoms with Crippen LogP contribution in [0.2, 0.25) is 0 Å². The highest BCUT2D eigenvalue weighted by Crippen LogP contribution is 2.33. The van der Waals surface area contributed by atoms with Gasteiger partial charge in [0.15, 0.2) is 17.2 Å². The molecule has 1 aliphatic heterocycles. The number of rotatable bonds is 6. The Morgan fingerprint density at radius 3 is 2.76 bits per heavy atom. The number of hydrogen-bond donors (Lipinski definition) is 2. The molecule has 1 amide bonds. The minimum Gasteiger partial charge on any atom is -0.486 e. The van der Waals surface area contributed by atoms with E-state index >= 15 is 0 Å². The highest BCUT2D eigenvalue weighted by Gasteiger charge is 2.18. The van der Waals surface area contributed by atoms with Crippen LogP contribution >= 0.6 is 0 Å². The van der Waals surface area contributed by atoms with Crippen LogP contribution in [0.25, 0.3) is 0 Å². The number of carboxylic acid groups (broad SMARTS) is 1. The number of aromatic nitrogens is 3. The van der Waals surface area contributed by atoms with Crippen molar-refractivity contribution in [3.05, 3.63) is 35.7 Å². The van der Waals surface area contributed by atoms with Crippen LogP contribution in [0.15, 0.2) is 24.4 Å². The second kappa shape index (κ2) is 7.20. The first-order valence-electron chi connectivity index (χ1n) is 7.89. The van der Waals surface area contributed by atoms with Crippen molar-refractivity contribution >= 4 is 11.9 Å². The van der Waals surface area contributed by atoms with Crippen LogP contribution in [0, 0.1) is 0 Å². The van der Waals surface area contributed by atoms with Gasteiger partial charge in [0, 0.05) is 0 Å². The largest absolute Gasteiger partial charge is 0.486 e. The van der Waals surface area contributed by atoms with E-state index in [9.17, 15) is 9.59 Å². The van der Waals surface area contributed by atoms with Gasteiger partial charge in [-0.2, -0.15) is 0 Å². The lowest BCUT2D eigenvalue weighted by Gasteiger charge is -2.22. The molecule has 1 aliphatic rings. The van der Waals surface area contributed by atoms with Gasteiger partial charge < -0.3 is 19.9 Å². The summed E-state index contributed by atoms with van der Waals surface area (Å²) >= 11 is 0. The van der Waals surface area contributed by atoms with Crippen molar-refractivity contribution in [3.63, 3.8) is 0 Å². The first-order chi connectivity index (χ1) is 12.1. The number of hydrogen-bond acceptors (Lipinski definition) is 6. The monoisotopic (exact) mass is 346 g/mol. The van der Waals surface area contributed by atoms with Gasteiger partial charge in [0.1, 0.15) is 19.8 Å². The summed E-state index contributed by atoms with van der Waals surface area (Å²) in [5.41, 5.74) is 0.705. The highest BCUT2D eigenvalue weighted by molar-refractivity contribution is 5.84. The van der Waals surface area contributed by atoms with Crippen molar-refractivity contribution in [3.8, 4) is 11.5 Å². The van der Waals surface area contributed by atoms with Crippen molar-refractivity contribution in [2.24, 2.45) is 0 Å². The summed E-state index contributed by atoms with van der Waals surface area (Å²) in [5.74, 6) is -0.114. The van der Waals surface area contributed by atoms with E-state index in [-0.39, 0.29) is 24.2 Å². The summed E-state index contributed by atoms with van der Waals surface area (Å²) in [6.45, 7) is 2.87. The van der Waals surface area contributed by atoms with Gasteiger partial charge >= 0.3 is 5.97 Å². The average Bonchev–Trinajstić information content (AvgIpc) is 3.08. The first kappa shape index (κ1) is 16.7. The van der Waals surface area contributed by atoms with E-state index in [0.29, 0.717) is 31.1 Å². The minimum atomic E-state index is -1.19. The van der Waals surface area contributed by atoms with Gasteiger partial charge in [0.25, 0.3) is 0 Å². The van der Waals surface area contributed by atoms with Crippen molar-refractivity contribution < 1.29 is 24.2 Å². The molecule has 0 fully saturated rings. The lowest BCUT2D eigenvalue weighted by molar-refractivity contribution is -0.122. The summed E-state index contributed by atoms with van der Waals surface area (Å²) in [7, 11) is 0. The van der Waals surface area contributed by atoms with E-state index in [1.165, 1.54) is 10.9 Å². The second-order valence-corrected chi connectivity index (χ2v) is 5.54. The third kappa shape index (κ3) is 3.87. The smallest absolute Gasteiger partial charge is 0.358 e. The molecule has 1 aromatic carbocycles. The third-order valence-corrected chi connectivity index (χ3v) is 3.78. The number of carbonyl (C=O) groups is 2. The van der Waals surface area contributed by atoms with Crippen molar-refractivity contribution in [2.75, 3.05) is 13.2 Å². The molecule has 0 radical (unpaired) electrons. The van der Waals surface area contributed by atoms with Gasteiger partial charge in [-0.1, -0.05) is 18.2 Å². The lowest BCUT2D eigenvalue weighted by atomic mass is 10.0. The molecule has 0 saturated heterocycles. The van der Waals surface area contributed by atoms with Crippen LogP contribution in [-0.2, 0) is 11.3 Å². The fourth-order valence-electron chi connectivity index (χ4n) is 2.56. The van der Waals surface area contributed by atoms with E-state index in [1.54, 1.807) is 0 Å². The highest BCUT2D eigenvalue weighted by atomic mass is 16.6. The van der Waals surface area contributed by atoms with Gasteiger partial charge in [-0.25, -0.2) is 9.48 Å². The predicted molar refractivity (Wildman–Crippen MR) is 85.6 cm³/mol. The quantitative estimate of drug-likeness (QED) is 0.802. The number of carbonyl (C=O) groups excluding carboxylic acids is 1. The number of amides is 1. The fourth-order valence-corrected chi connectivity index (χ4v) is 2.56. The SMILES string of the molecule is CCC(NC(=O)Cn1cc(C(=O)O)nn1)c1ccc2c(c1)OCCO2. The van der Waals surface area contributed by atoms with Crippen molar-refractivity contribution in [1.82, 2.24) is 20.3 Å². The summed E-state index contributed by atoms with van der Waals surface area (Å²) in [6, 6.07) is 5.38. The molecule has 25 heavy (non-hydrogen) atoms. The maximum atomic E-state index is 12.2. The van der Waals surface area contributed by atoms with Crippen molar-refractivity contribution in [1.29, 1.82) is 0 Å². The van der Waals surface area contributed by atoms with E-state index in [2.05, 4.69) is 15.6 Å². The summed E-state index contributed by atoms with van der Waals surface area (Å²) < 4.78 is 12.3. The molecule has 0 spiro atoms. The molecule has 1 unspecified atom stereocenters. The van der Waals surface area contributed by atoms with Crippen LogP contribution in [0.5, 0.6) is 11.5 Å². The third-order valence-electron chi connectivity index (χ3n) is 3.78. The van der Waals surface area contributed by atoms with Gasteiger partial charge in [-0.3, -0.25) is 4.79 Å². The van der Waals surface area contributed by atoms with E-state index < -0.39 is 5.97 Å². The van der Waals surface area contributed by atoms with E-state index in [0.717, 1.165) is 5.56 Å². The molecule has 0 saturated carbocycles. The van der Waals surface area contributed by atoms with Gasteiger partial charge in [-0.05, 0) is 24.1 Å². The molecule has 9 nitrogen and oxygen atoms in total. The molecule has 1 atom stereocenters. The average molecular weight is 346 g/mol. The van der Waals surface area contributed by atoms with E-state index in [4.69, 9.17) is 14.6 Å². The Morgan fingerprint density at radius 2 is 2.08 bits per heavy atom. The summed E-state index contributed by atoms with van der Waals surface area (Å²) in [6.07, 6.45) is 1.90. The Labute approximate surface area is 143 Å². The number of aromatic carboxylic acids is 1. The Hall–Kier alpha value is -3.10. The molecule has 0 aliphatic carbocycles. The van der Waals surface area contributed by atoms with Crippen LogP contribution in [0.3, 0.4) is 0 Å². The Balaban J connectivity index is 1.66. The molecule has 2 aromatic rings. The van der Waals surface area contributed by atoms with Crippen molar-refractivity contribution in [2.45, 2.75) is 25.9 Å². The van der Waals surface area contributed by atoms with Crippen LogP contribution in [0.4, 0.5) is 0 Å². The lowest BCUT2D eigenvalue weighted by Crippen LogP contribution is -2.31. The maximum absolute atomic E-state index is 12.2.